The molecule has 0 N–H and O–H groups in total. The molecule has 3 rings (SSSR count). The third-order valence-electron chi connectivity index (χ3n) is 4.11. The number of imidazole rings is 1. The van der Waals surface area contributed by atoms with Crippen LogP contribution in [0.2, 0.25) is 0 Å². The Kier molecular flexibility index (Phi) is 4.22. The first-order valence-corrected chi connectivity index (χ1v) is 7.33. The Bertz CT molecular complexity index is 734. The van der Waals surface area contributed by atoms with Crippen LogP contribution in [0.3, 0.4) is 0 Å². The molecule has 0 spiro atoms. The van der Waals surface area contributed by atoms with Crippen LogP contribution < -0.4 is 0 Å². The molecule has 0 bridgehead atoms. The van der Waals surface area contributed by atoms with Gasteiger partial charge < -0.3 is 14.0 Å². The summed E-state index contributed by atoms with van der Waals surface area (Å²) in [4.78, 5) is 4.07. The van der Waals surface area contributed by atoms with E-state index in [1.54, 1.807) is 26.7 Å². The Balaban J connectivity index is 1.93. The summed E-state index contributed by atoms with van der Waals surface area (Å²) >= 11 is 0. The molecule has 0 fully saturated rings. The first-order chi connectivity index (χ1) is 10.8. The van der Waals surface area contributed by atoms with E-state index >= 15 is 0 Å². The zero-order valence-electron chi connectivity index (χ0n) is 12.9. The fourth-order valence-electron chi connectivity index (χ4n) is 2.79. The van der Waals surface area contributed by atoms with E-state index in [1.165, 1.54) is 10.8 Å². The van der Waals surface area contributed by atoms with E-state index in [4.69, 9.17) is 9.47 Å². The quantitative estimate of drug-likeness (QED) is 0.652. The molecule has 0 saturated carbocycles. The fraction of sp³-hybridized carbons (Fsp3) is 0.278. The zero-order valence-corrected chi connectivity index (χ0v) is 12.9. The molecule has 0 aliphatic heterocycles. The lowest BCUT2D eigenvalue weighted by atomic mass is 9.98. The van der Waals surface area contributed by atoms with Gasteiger partial charge in [0.25, 0.3) is 0 Å². The van der Waals surface area contributed by atoms with Gasteiger partial charge in [0.15, 0.2) is 5.79 Å². The predicted molar refractivity (Wildman–Crippen MR) is 86.5 cm³/mol. The van der Waals surface area contributed by atoms with E-state index in [0.717, 1.165) is 12.1 Å². The van der Waals surface area contributed by atoms with Crippen molar-refractivity contribution in [2.75, 3.05) is 14.2 Å². The minimum absolute atomic E-state index is 0.703. The maximum Gasteiger partial charge on any atom is 0.195 e. The van der Waals surface area contributed by atoms with Crippen LogP contribution in [0, 0.1) is 0 Å². The van der Waals surface area contributed by atoms with Crippen LogP contribution in [0.15, 0.2) is 61.2 Å². The minimum Gasteiger partial charge on any atom is -0.349 e. The molecular weight excluding hydrogens is 276 g/mol. The topological polar surface area (TPSA) is 36.3 Å². The van der Waals surface area contributed by atoms with E-state index < -0.39 is 5.79 Å². The minimum atomic E-state index is -0.756. The van der Waals surface area contributed by atoms with E-state index in [2.05, 4.69) is 35.3 Å². The normalized spacial score (nSPS) is 11.9. The second kappa shape index (κ2) is 6.30. The third kappa shape index (κ3) is 2.75. The molecule has 0 aliphatic rings. The number of hydrogen-bond donors (Lipinski definition) is 0. The number of benzene rings is 2. The lowest BCUT2D eigenvalue weighted by Gasteiger charge is -2.31. The molecular formula is C18H20N2O2. The summed E-state index contributed by atoms with van der Waals surface area (Å²) in [6, 6.07) is 14.6. The molecule has 0 atom stereocenters. The van der Waals surface area contributed by atoms with Gasteiger partial charge in [-0.2, -0.15) is 0 Å². The summed E-state index contributed by atoms with van der Waals surface area (Å²) in [6.45, 7) is 0.772. The smallest absolute Gasteiger partial charge is 0.195 e. The number of nitrogens with zero attached hydrogens (tertiary/aromatic N) is 2. The van der Waals surface area contributed by atoms with Gasteiger partial charge in [-0.25, -0.2) is 4.98 Å². The summed E-state index contributed by atoms with van der Waals surface area (Å²) in [7, 11) is 3.37. The maximum absolute atomic E-state index is 5.76. The van der Waals surface area contributed by atoms with E-state index in [0.29, 0.717) is 6.42 Å². The van der Waals surface area contributed by atoms with Crippen LogP contribution in [0.4, 0.5) is 0 Å². The van der Waals surface area contributed by atoms with Gasteiger partial charge in [0.2, 0.25) is 0 Å². The Morgan fingerprint density at radius 1 is 1.05 bits per heavy atom. The van der Waals surface area contributed by atoms with Gasteiger partial charge in [0.1, 0.15) is 0 Å². The zero-order chi connectivity index (χ0) is 15.4. The molecule has 1 aromatic heterocycles. The van der Waals surface area contributed by atoms with Gasteiger partial charge in [0.05, 0.1) is 6.33 Å². The molecule has 0 radical (unpaired) electrons. The van der Waals surface area contributed by atoms with Crippen molar-refractivity contribution in [1.82, 2.24) is 9.55 Å². The first-order valence-electron chi connectivity index (χ1n) is 7.33. The number of aryl methyl sites for hydroxylation is 1. The number of hydrogen-bond acceptors (Lipinski definition) is 3. The number of methoxy groups -OCH3 is 2. The van der Waals surface area contributed by atoms with Crippen molar-refractivity contribution in [2.24, 2.45) is 0 Å². The van der Waals surface area contributed by atoms with Crippen molar-refractivity contribution in [3.8, 4) is 0 Å². The average molecular weight is 296 g/mol. The van der Waals surface area contributed by atoms with E-state index in [-0.39, 0.29) is 0 Å². The first kappa shape index (κ1) is 14.8. The van der Waals surface area contributed by atoms with Crippen molar-refractivity contribution in [3.63, 3.8) is 0 Å². The van der Waals surface area contributed by atoms with Crippen molar-refractivity contribution in [2.45, 2.75) is 18.8 Å². The Morgan fingerprint density at radius 2 is 1.82 bits per heavy atom. The molecule has 4 nitrogen and oxygen atoms in total. The summed E-state index contributed by atoms with van der Waals surface area (Å²) in [5.74, 6) is -0.756. The van der Waals surface area contributed by atoms with Gasteiger partial charge in [-0.3, -0.25) is 0 Å². The summed E-state index contributed by atoms with van der Waals surface area (Å²) in [5, 5.41) is 2.39. The molecule has 2 aromatic carbocycles. The van der Waals surface area contributed by atoms with E-state index in [1.807, 2.05) is 22.9 Å². The standard InChI is InChI=1S/C18H20N2O2/c1-21-18(22-2,9-11-20-12-10-19-14-20)17-8-7-15-5-3-4-6-16(15)13-17/h3-8,10,12-14H,9,11H2,1-2H3. The van der Waals surface area contributed by atoms with Crippen LogP contribution in [0.1, 0.15) is 12.0 Å². The molecule has 1 heterocycles. The van der Waals surface area contributed by atoms with E-state index in [9.17, 15) is 0 Å². The lowest BCUT2D eigenvalue weighted by Crippen LogP contribution is -2.32. The molecule has 114 valence electrons. The molecule has 0 amide bonds. The Hall–Kier alpha value is -2.17. The Labute approximate surface area is 130 Å². The van der Waals surface area contributed by atoms with Crippen molar-refractivity contribution in [1.29, 1.82) is 0 Å². The molecule has 0 aliphatic carbocycles. The van der Waals surface area contributed by atoms with Gasteiger partial charge in [-0.05, 0) is 16.8 Å². The molecule has 4 heteroatoms. The van der Waals surface area contributed by atoms with Gasteiger partial charge in [-0.15, -0.1) is 0 Å². The molecule has 22 heavy (non-hydrogen) atoms. The lowest BCUT2D eigenvalue weighted by molar-refractivity contribution is -0.221. The van der Waals surface area contributed by atoms with Crippen molar-refractivity contribution < 1.29 is 9.47 Å². The van der Waals surface area contributed by atoms with Crippen LogP contribution in [-0.4, -0.2) is 23.8 Å². The monoisotopic (exact) mass is 296 g/mol. The van der Waals surface area contributed by atoms with Crippen LogP contribution in [0.25, 0.3) is 10.8 Å². The number of ether oxygens (including phenoxy) is 2. The number of aromatic nitrogens is 2. The Morgan fingerprint density at radius 3 is 2.50 bits per heavy atom. The van der Waals surface area contributed by atoms with Crippen molar-refractivity contribution >= 4 is 10.8 Å². The highest BCUT2D eigenvalue weighted by Gasteiger charge is 2.32. The van der Waals surface area contributed by atoms with Crippen LogP contribution in [-0.2, 0) is 21.8 Å². The maximum atomic E-state index is 5.76. The average Bonchev–Trinajstić information content (AvgIpc) is 3.10. The summed E-state index contributed by atoms with van der Waals surface area (Å²) < 4.78 is 13.6. The van der Waals surface area contributed by atoms with Crippen LogP contribution >= 0.6 is 0 Å². The summed E-state index contributed by atoms with van der Waals surface area (Å²) in [5.41, 5.74) is 1.02. The molecule has 0 saturated heterocycles. The number of fused-ring (bicyclic) bond motifs is 1. The summed E-state index contributed by atoms with van der Waals surface area (Å²) in [6.07, 6.45) is 6.22. The second-order valence-corrected chi connectivity index (χ2v) is 5.27. The molecule has 0 unspecified atom stereocenters. The number of rotatable bonds is 6. The highest BCUT2D eigenvalue weighted by molar-refractivity contribution is 5.83. The van der Waals surface area contributed by atoms with Gasteiger partial charge in [-0.1, -0.05) is 36.4 Å². The SMILES string of the molecule is COC(CCn1ccnc1)(OC)c1ccc2ccccc2c1. The highest BCUT2D eigenvalue weighted by Crippen LogP contribution is 2.32. The predicted octanol–water partition coefficient (Wildman–Crippen LogP) is 3.57. The second-order valence-electron chi connectivity index (χ2n) is 5.27. The fourth-order valence-corrected chi connectivity index (χ4v) is 2.79. The van der Waals surface area contributed by atoms with Gasteiger partial charge in [0, 0.05) is 45.1 Å². The third-order valence-corrected chi connectivity index (χ3v) is 4.11. The van der Waals surface area contributed by atoms with Crippen LogP contribution in [0.5, 0.6) is 0 Å². The largest absolute Gasteiger partial charge is 0.349 e. The van der Waals surface area contributed by atoms with Crippen molar-refractivity contribution in [3.05, 3.63) is 66.7 Å². The molecule has 3 aromatic rings. The van der Waals surface area contributed by atoms with Gasteiger partial charge >= 0.3 is 0 Å². The highest BCUT2D eigenvalue weighted by atomic mass is 16.7.